The summed E-state index contributed by atoms with van der Waals surface area (Å²) in [6, 6.07) is 6.36. The zero-order valence-corrected chi connectivity index (χ0v) is 18.6. The van der Waals surface area contributed by atoms with E-state index < -0.39 is 28.6 Å². The van der Waals surface area contributed by atoms with Crippen LogP contribution < -0.4 is 18.9 Å². The van der Waals surface area contributed by atoms with Crippen LogP contribution in [0.2, 0.25) is 5.02 Å². The lowest BCUT2D eigenvalue weighted by atomic mass is 10.2. The van der Waals surface area contributed by atoms with Gasteiger partial charge in [-0.15, -0.1) is 0 Å². The minimum absolute atomic E-state index is 0.0319. The van der Waals surface area contributed by atoms with Crippen LogP contribution in [-0.4, -0.2) is 55.4 Å². The molecule has 0 aliphatic heterocycles. The molecule has 0 aliphatic rings. The van der Waals surface area contributed by atoms with Gasteiger partial charge in [0.2, 0.25) is 0 Å². The number of anilines is 1. The number of esters is 2. The van der Waals surface area contributed by atoms with Crippen molar-refractivity contribution in [2.75, 3.05) is 39.8 Å². The number of halogens is 1. The van der Waals surface area contributed by atoms with E-state index in [-0.39, 0.29) is 38.4 Å². The van der Waals surface area contributed by atoms with Crippen molar-refractivity contribution in [3.8, 4) is 17.2 Å². The highest BCUT2D eigenvalue weighted by Gasteiger charge is 2.24. The van der Waals surface area contributed by atoms with Gasteiger partial charge in [-0.1, -0.05) is 11.6 Å². The first kappa shape index (κ1) is 24.1. The zero-order valence-electron chi connectivity index (χ0n) is 17.1. The van der Waals surface area contributed by atoms with E-state index in [4.69, 9.17) is 30.5 Å². The van der Waals surface area contributed by atoms with Crippen LogP contribution in [0.4, 0.5) is 5.69 Å². The smallest absolute Gasteiger partial charge is 0.344 e. The number of sulfonamides is 1. The Kier molecular flexibility index (Phi) is 7.95. The van der Waals surface area contributed by atoms with E-state index in [9.17, 15) is 18.0 Å². The number of benzene rings is 2. The molecule has 0 heterocycles. The normalized spacial score (nSPS) is 10.7. The summed E-state index contributed by atoms with van der Waals surface area (Å²) in [5.41, 5.74) is -0.0844. The molecule has 168 valence electrons. The van der Waals surface area contributed by atoms with E-state index in [1.165, 1.54) is 45.6 Å². The molecule has 0 fully saturated rings. The molecule has 0 saturated heterocycles. The molecule has 10 nitrogen and oxygen atoms in total. The highest BCUT2D eigenvalue weighted by molar-refractivity contribution is 7.92. The average Bonchev–Trinajstić information content (AvgIpc) is 2.76. The maximum absolute atomic E-state index is 13.1. The van der Waals surface area contributed by atoms with Gasteiger partial charge in [0.25, 0.3) is 10.0 Å². The van der Waals surface area contributed by atoms with E-state index in [2.05, 4.69) is 9.46 Å². The Morgan fingerprint density at radius 3 is 2.16 bits per heavy atom. The van der Waals surface area contributed by atoms with Gasteiger partial charge in [-0.3, -0.25) is 4.72 Å². The second-order valence-corrected chi connectivity index (χ2v) is 7.87. The SMILES string of the molecule is COC(=O)COC(=O)c1ccc(OC)c(S(=O)(=O)Nc2cc(Cl)c(OC)cc2OC)c1. The number of nitrogens with one attached hydrogen (secondary N) is 1. The topological polar surface area (TPSA) is 126 Å². The minimum atomic E-state index is -4.27. The molecule has 2 aromatic rings. The lowest BCUT2D eigenvalue weighted by Gasteiger charge is -2.16. The minimum Gasteiger partial charge on any atom is -0.495 e. The summed E-state index contributed by atoms with van der Waals surface area (Å²) in [4.78, 5) is 23.0. The van der Waals surface area contributed by atoms with Crippen LogP contribution in [0.25, 0.3) is 0 Å². The fourth-order valence-corrected chi connectivity index (χ4v) is 3.92. The third-order valence-corrected chi connectivity index (χ3v) is 5.64. The van der Waals surface area contributed by atoms with Gasteiger partial charge in [0, 0.05) is 6.07 Å². The van der Waals surface area contributed by atoms with Gasteiger partial charge in [0.05, 0.1) is 44.7 Å². The number of hydrogen-bond donors (Lipinski definition) is 1. The van der Waals surface area contributed by atoms with Crippen molar-refractivity contribution < 1.29 is 41.7 Å². The quantitative estimate of drug-likeness (QED) is 0.546. The fraction of sp³-hybridized carbons (Fsp3) is 0.263. The molecule has 0 spiro atoms. The zero-order chi connectivity index (χ0) is 23.2. The second kappa shape index (κ2) is 10.2. The van der Waals surface area contributed by atoms with Crippen molar-refractivity contribution in [1.82, 2.24) is 0 Å². The van der Waals surface area contributed by atoms with Gasteiger partial charge in [-0.05, 0) is 24.3 Å². The predicted octanol–water partition coefficient (Wildman–Crippen LogP) is 2.50. The van der Waals surface area contributed by atoms with Gasteiger partial charge < -0.3 is 23.7 Å². The molecule has 0 amide bonds. The maximum Gasteiger partial charge on any atom is 0.344 e. The molecule has 12 heteroatoms. The Balaban J connectivity index is 2.43. The van der Waals surface area contributed by atoms with Crippen LogP contribution in [0, 0.1) is 0 Å². The first-order valence-electron chi connectivity index (χ1n) is 8.53. The molecule has 1 N–H and O–H groups in total. The Morgan fingerprint density at radius 1 is 0.935 bits per heavy atom. The molecular formula is C19H20ClNO9S. The predicted molar refractivity (Wildman–Crippen MR) is 111 cm³/mol. The van der Waals surface area contributed by atoms with Crippen molar-refractivity contribution in [2.45, 2.75) is 4.90 Å². The third kappa shape index (κ3) is 5.70. The number of carbonyl (C=O) groups is 2. The molecule has 0 saturated carbocycles. The number of rotatable bonds is 9. The average molecular weight is 474 g/mol. The first-order chi connectivity index (χ1) is 14.7. The van der Waals surface area contributed by atoms with E-state index in [0.29, 0.717) is 0 Å². The summed E-state index contributed by atoms with van der Waals surface area (Å²) >= 11 is 6.09. The highest BCUT2D eigenvalue weighted by Crippen LogP contribution is 2.37. The van der Waals surface area contributed by atoms with E-state index >= 15 is 0 Å². The largest absolute Gasteiger partial charge is 0.495 e. The molecule has 0 unspecified atom stereocenters. The maximum atomic E-state index is 13.1. The molecular weight excluding hydrogens is 454 g/mol. The fourth-order valence-electron chi connectivity index (χ4n) is 2.42. The summed E-state index contributed by atoms with van der Waals surface area (Å²) < 4.78 is 53.0. The Labute approximate surface area is 184 Å². The number of hydrogen-bond acceptors (Lipinski definition) is 9. The van der Waals surface area contributed by atoms with Gasteiger partial charge in [-0.25, -0.2) is 18.0 Å². The lowest BCUT2D eigenvalue weighted by Crippen LogP contribution is -2.17. The molecule has 0 aromatic heterocycles. The first-order valence-corrected chi connectivity index (χ1v) is 10.4. The molecule has 31 heavy (non-hydrogen) atoms. The molecule has 2 rings (SSSR count). The lowest BCUT2D eigenvalue weighted by molar-refractivity contribution is -0.144. The summed E-state index contributed by atoms with van der Waals surface area (Å²) in [5.74, 6) is -1.28. The van der Waals surface area contributed by atoms with Crippen molar-refractivity contribution in [3.05, 3.63) is 40.9 Å². The van der Waals surface area contributed by atoms with Crippen LogP contribution in [0.5, 0.6) is 17.2 Å². The van der Waals surface area contributed by atoms with Crippen LogP contribution in [0.3, 0.4) is 0 Å². The summed E-state index contributed by atoms with van der Waals surface area (Å²) in [6.07, 6.45) is 0. The van der Waals surface area contributed by atoms with Crippen LogP contribution >= 0.6 is 11.6 Å². The standard InChI is InChI=1S/C19H20ClNO9S/c1-26-14-6-5-11(19(23)30-10-18(22)29-4)7-17(14)31(24,25)21-13-8-12(20)15(27-2)9-16(13)28-3/h5-9,21H,10H2,1-4H3. The Morgan fingerprint density at radius 2 is 1.58 bits per heavy atom. The monoisotopic (exact) mass is 473 g/mol. The summed E-state index contributed by atoms with van der Waals surface area (Å²) in [7, 11) is 0.889. The molecule has 2 aromatic carbocycles. The van der Waals surface area contributed by atoms with Gasteiger partial charge in [0.1, 0.15) is 22.1 Å². The van der Waals surface area contributed by atoms with Crippen LogP contribution in [0.1, 0.15) is 10.4 Å². The molecule has 0 bridgehead atoms. The number of carbonyl (C=O) groups excluding carboxylic acids is 2. The van der Waals surface area contributed by atoms with Crippen molar-refractivity contribution in [3.63, 3.8) is 0 Å². The van der Waals surface area contributed by atoms with Crippen molar-refractivity contribution in [2.24, 2.45) is 0 Å². The third-order valence-electron chi connectivity index (χ3n) is 3.96. The summed E-state index contributed by atoms with van der Waals surface area (Å²) in [5, 5.41) is 0.146. The Hall–Kier alpha value is -3.18. The van der Waals surface area contributed by atoms with Crippen LogP contribution in [-0.2, 0) is 24.3 Å². The van der Waals surface area contributed by atoms with E-state index in [1.807, 2.05) is 0 Å². The van der Waals surface area contributed by atoms with Crippen LogP contribution in [0.15, 0.2) is 35.2 Å². The number of ether oxygens (including phenoxy) is 5. The van der Waals surface area contributed by atoms with E-state index in [1.54, 1.807) is 0 Å². The second-order valence-electron chi connectivity index (χ2n) is 5.81. The van der Waals surface area contributed by atoms with Gasteiger partial charge >= 0.3 is 11.9 Å². The summed E-state index contributed by atoms with van der Waals surface area (Å²) in [6.45, 7) is -0.622. The van der Waals surface area contributed by atoms with E-state index in [0.717, 1.165) is 13.2 Å². The van der Waals surface area contributed by atoms with Crippen molar-refractivity contribution >= 4 is 39.3 Å². The van der Waals surface area contributed by atoms with Gasteiger partial charge in [-0.2, -0.15) is 0 Å². The molecule has 0 aliphatic carbocycles. The van der Waals surface area contributed by atoms with Crippen molar-refractivity contribution in [1.29, 1.82) is 0 Å². The molecule has 0 radical (unpaired) electrons. The highest BCUT2D eigenvalue weighted by atomic mass is 35.5. The molecule has 0 atom stereocenters. The Bertz CT molecular complexity index is 1090. The van der Waals surface area contributed by atoms with Gasteiger partial charge in [0.15, 0.2) is 6.61 Å². The number of methoxy groups -OCH3 is 4.